The number of rotatable bonds is 5. The summed E-state index contributed by atoms with van der Waals surface area (Å²) in [6.45, 7) is 7.63. The molecule has 1 aliphatic rings. The van der Waals surface area contributed by atoms with Gasteiger partial charge in [0.05, 0.1) is 19.1 Å². The van der Waals surface area contributed by atoms with Crippen LogP contribution in [0.15, 0.2) is 0 Å². The minimum atomic E-state index is -0.443. The second kappa shape index (κ2) is 7.40. The lowest BCUT2D eigenvalue weighted by molar-refractivity contribution is -0.162. The number of carbonyl (C=O) groups excluding carboxylic acids is 2. The first-order chi connectivity index (χ1) is 8.09. The highest BCUT2D eigenvalue weighted by molar-refractivity contribution is 5.86. The van der Waals surface area contributed by atoms with E-state index in [0.29, 0.717) is 6.42 Å². The van der Waals surface area contributed by atoms with Crippen LogP contribution in [-0.2, 0) is 19.1 Å². The van der Waals surface area contributed by atoms with Crippen LogP contribution < -0.4 is 0 Å². The van der Waals surface area contributed by atoms with Crippen molar-refractivity contribution in [3.63, 3.8) is 0 Å². The van der Waals surface area contributed by atoms with Gasteiger partial charge in [0.25, 0.3) is 0 Å². The molecule has 0 aliphatic carbocycles. The summed E-state index contributed by atoms with van der Waals surface area (Å²) in [5.41, 5.74) is 0. The highest BCUT2D eigenvalue weighted by Gasteiger charge is 2.15. The summed E-state index contributed by atoms with van der Waals surface area (Å²) in [4.78, 5) is 24.7. The SMILES string of the molecule is CC(C)C(=O)OC(=O)CCCN1CCOCC1. The van der Waals surface area contributed by atoms with Crippen LogP contribution in [0.4, 0.5) is 0 Å². The van der Waals surface area contributed by atoms with Crippen LogP contribution in [0, 0.1) is 5.92 Å². The maximum absolute atomic E-state index is 11.3. The fourth-order valence-electron chi connectivity index (χ4n) is 1.55. The third-order valence-corrected chi connectivity index (χ3v) is 2.64. The lowest BCUT2D eigenvalue weighted by Gasteiger charge is -2.26. The molecular weight excluding hydrogens is 222 g/mol. The fraction of sp³-hybridized carbons (Fsp3) is 0.833. The first kappa shape index (κ1) is 14.1. The normalized spacial score (nSPS) is 17.1. The number of carbonyl (C=O) groups is 2. The molecule has 1 saturated heterocycles. The first-order valence-corrected chi connectivity index (χ1v) is 6.14. The molecule has 1 aliphatic heterocycles. The van der Waals surface area contributed by atoms with E-state index in [1.807, 2.05) is 0 Å². The number of ether oxygens (including phenoxy) is 2. The zero-order valence-electron chi connectivity index (χ0n) is 10.6. The molecule has 0 radical (unpaired) electrons. The third kappa shape index (κ3) is 5.79. The van der Waals surface area contributed by atoms with E-state index in [2.05, 4.69) is 9.64 Å². The molecule has 1 fully saturated rings. The van der Waals surface area contributed by atoms with Gasteiger partial charge in [-0.15, -0.1) is 0 Å². The molecule has 0 aromatic rings. The van der Waals surface area contributed by atoms with Gasteiger partial charge in [0.2, 0.25) is 0 Å². The second-order valence-electron chi connectivity index (χ2n) is 4.51. The van der Waals surface area contributed by atoms with E-state index in [9.17, 15) is 9.59 Å². The summed E-state index contributed by atoms with van der Waals surface area (Å²) in [5, 5.41) is 0. The van der Waals surface area contributed by atoms with Crippen LogP contribution in [-0.4, -0.2) is 49.7 Å². The summed E-state index contributed by atoms with van der Waals surface area (Å²) in [5.74, 6) is -1.11. The standard InChI is InChI=1S/C12H21NO4/c1-10(2)12(15)17-11(14)4-3-5-13-6-8-16-9-7-13/h10H,3-9H2,1-2H3. The van der Waals surface area contributed by atoms with Gasteiger partial charge in [-0.05, 0) is 13.0 Å². The Morgan fingerprint density at radius 2 is 1.94 bits per heavy atom. The van der Waals surface area contributed by atoms with E-state index in [4.69, 9.17) is 4.74 Å². The molecule has 0 N–H and O–H groups in total. The Balaban J connectivity index is 2.09. The van der Waals surface area contributed by atoms with Gasteiger partial charge >= 0.3 is 11.9 Å². The Morgan fingerprint density at radius 3 is 2.53 bits per heavy atom. The molecule has 5 heteroatoms. The lowest BCUT2D eigenvalue weighted by Crippen LogP contribution is -2.37. The molecule has 0 unspecified atom stereocenters. The van der Waals surface area contributed by atoms with Gasteiger partial charge in [0.15, 0.2) is 0 Å². The molecular formula is C12H21NO4. The molecule has 5 nitrogen and oxygen atoms in total. The quantitative estimate of drug-likeness (QED) is 0.528. The van der Waals surface area contributed by atoms with Crippen molar-refractivity contribution in [3.8, 4) is 0 Å². The largest absolute Gasteiger partial charge is 0.393 e. The summed E-state index contributed by atoms with van der Waals surface area (Å²) in [6, 6.07) is 0. The van der Waals surface area contributed by atoms with Crippen molar-refractivity contribution in [2.45, 2.75) is 26.7 Å². The van der Waals surface area contributed by atoms with Gasteiger partial charge in [0, 0.05) is 19.5 Å². The first-order valence-electron chi connectivity index (χ1n) is 6.14. The zero-order valence-corrected chi connectivity index (χ0v) is 10.6. The van der Waals surface area contributed by atoms with Gasteiger partial charge in [0.1, 0.15) is 0 Å². The van der Waals surface area contributed by atoms with Crippen molar-refractivity contribution in [3.05, 3.63) is 0 Å². The van der Waals surface area contributed by atoms with Crippen molar-refractivity contribution < 1.29 is 19.1 Å². The van der Waals surface area contributed by atoms with Crippen molar-refractivity contribution in [2.75, 3.05) is 32.8 Å². The maximum atomic E-state index is 11.3. The van der Waals surface area contributed by atoms with Gasteiger partial charge in [-0.25, -0.2) is 0 Å². The monoisotopic (exact) mass is 243 g/mol. The number of esters is 2. The Bertz CT molecular complexity index is 259. The van der Waals surface area contributed by atoms with Crippen molar-refractivity contribution >= 4 is 11.9 Å². The predicted octanol–water partition coefficient (Wildman–Crippen LogP) is 0.825. The summed E-state index contributed by atoms with van der Waals surface area (Å²) in [7, 11) is 0. The Labute approximate surface area is 102 Å². The number of hydrogen-bond acceptors (Lipinski definition) is 5. The zero-order chi connectivity index (χ0) is 12.7. The molecule has 0 saturated carbocycles. The van der Waals surface area contributed by atoms with Crippen LogP contribution in [0.2, 0.25) is 0 Å². The van der Waals surface area contributed by atoms with E-state index in [1.165, 1.54) is 0 Å². The van der Waals surface area contributed by atoms with Crippen LogP contribution in [0.3, 0.4) is 0 Å². The van der Waals surface area contributed by atoms with Crippen LogP contribution in [0.25, 0.3) is 0 Å². The summed E-state index contributed by atoms with van der Waals surface area (Å²) < 4.78 is 9.91. The predicted molar refractivity (Wildman–Crippen MR) is 62.4 cm³/mol. The van der Waals surface area contributed by atoms with Crippen LogP contribution >= 0.6 is 0 Å². The maximum Gasteiger partial charge on any atom is 0.316 e. The van der Waals surface area contributed by atoms with Crippen LogP contribution in [0.5, 0.6) is 0 Å². The van der Waals surface area contributed by atoms with Gasteiger partial charge < -0.3 is 9.47 Å². The summed E-state index contributed by atoms with van der Waals surface area (Å²) >= 11 is 0. The van der Waals surface area contributed by atoms with Crippen LogP contribution in [0.1, 0.15) is 26.7 Å². The number of hydrogen-bond donors (Lipinski definition) is 0. The Morgan fingerprint density at radius 1 is 1.29 bits per heavy atom. The number of morpholine rings is 1. The van der Waals surface area contributed by atoms with Crippen molar-refractivity contribution in [2.24, 2.45) is 5.92 Å². The highest BCUT2D eigenvalue weighted by Crippen LogP contribution is 2.03. The van der Waals surface area contributed by atoms with E-state index < -0.39 is 11.9 Å². The molecule has 0 amide bonds. The summed E-state index contributed by atoms with van der Waals surface area (Å²) in [6.07, 6.45) is 1.03. The average molecular weight is 243 g/mol. The molecule has 0 bridgehead atoms. The van der Waals surface area contributed by atoms with E-state index >= 15 is 0 Å². The second-order valence-corrected chi connectivity index (χ2v) is 4.51. The Hall–Kier alpha value is -0.940. The smallest absolute Gasteiger partial charge is 0.316 e. The number of nitrogens with zero attached hydrogens (tertiary/aromatic N) is 1. The van der Waals surface area contributed by atoms with Gasteiger partial charge in [-0.3, -0.25) is 14.5 Å². The Kier molecular flexibility index (Phi) is 6.15. The minimum Gasteiger partial charge on any atom is -0.393 e. The van der Waals surface area contributed by atoms with Gasteiger partial charge in [-0.1, -0.05) is 13.8 Å². The third-order valence-electron chi connectivity index (χ3n) is 2.64. The molecule has 0 atom stereocenters. The average Bonchev–Trinajstić information content (AvgIpc) is 2.30. The molecule has 17 heavy (non-hydrogen) atoms. The lowest BCUT2D eigenvalue weighted by atomic mass is 10.2. The fourth-order valence-corrected chi connectivity index (χ4v) is 1.55. The minimum absolute atomic E-state index is 0.252. The van der Waals surface area contributed by atoms with E-state index in [0.717, 1.165) is 39.3 Å². The molecule has 0 spiro atoms. The topological polar surface area (TPSA) is 55.8 Å². The van der Waals surface area contributed by atoms with Gasteiger partial charge in [-0.2, -0.15) is 0 Å². The molecule has 0 aromatic heterocycles. The van der Waals surface area contributed by atoms with Crippen molar-refractivity contribution in [1.29, 1.82) is 0 Å². The van der Waals surface area contributed by atoms with E-state index in [-0.39, 0.29) is 5.92 Å². The highest BCUT2D eigenvalue weighted by atomic mass is 16.6. The van der Waals surface area contributed by atoms with Crippen molar-refractivity contribution in [1.82, 2.24) is 4.90 Å². The molecule has 0 aromatic carbocycles. The molecule has 1 rings (SSSR count). The van der Waals surface area contributed by atoms with E-state index in [1.54, 1.807) is 13.8 Å². The molecule has 98 valence electrons. The molecule has 1 heterocycles.